The second kappa shape index (κ2) is 6.21. The molecule has 0 saturated heterocycles. The minimum absolute atomic E-state index is 0.0162. The lowest BCUT2D eigenvalue weighted by Gasteiger charge is -2.46. The van der Waals surface area contributed by atoms with E-state index in [2.05, 4.69) is 4.98 Å². The van der Waals surface area contributed by atoms with Gasteiger partial charge in [0.05, 0.1) is 5.02 Å². The number of fused-ring (bicyclic) bond motifs is 4. The summed E-state index contributed by atoms with van der Waals surface area (Å²) in [6.45, 7) is 0. The van der Waals surface area contributed by atoms with E-state index >= 15 is 0 Å². The zero-order chi connectivity index (χ0) is 19.5. The molecule has 1 spiro atoms. The summed E-state index contributed by atoms with van der Waals surface area (Å²) in [5.41, 5.74) is 7.68. The van der Waals surface area contributed by atoms with E-state index < -0.39 is 5.54 Å². The number of benzene rings is 1. The first kappa shape index (κ1) is 17.5. The lowest BCUT2D eigenvalue weighted by molar-refractivity contribution is -0.136. The SMILES string of the molecule is CN1C(=O)C2(N=C1N)c1cc(-c3cncc(Cl)c3)ccc1OC1CCCC[C@H]12. The van der Waals surface area contributed by atoms with Crippen molar-refractivity contribution in [3.8, 4) is 16.9 Å². The van der Waals surface area contributed by atoms with Crippen molar-refractivity contribution in [3.63, 3.8) is 0 Å². The standard InChI is InChI=1S/C21H21ClN4O2/c1-26-19(27)21(25-20(26)23)15-4-2-3-5-17(15)28-18-7-6-12(9-16(18)21)13-8-14(22)11-24-10-13/h6-11,15,17H,2-5H2,1H3,(H2,23,25)/t15-,17?,21?/m1/s1. The maximum atomic E-state index is 13.5. The van der Waals surface area contributed by atoms with Crippen LogP contribution in [0.2, 0.25) is 5.02 Å². The smallest absolute Gasteiger partial charge is 0.262 e. The maximum absolute atomic E-state index is 13.5. The minimum Gasteiger partial charge on any atom is -0.490 e. The van der Waals surface area contributed by atoms with Gasteiger partial charge in [-0.2, -0.15) is 0 Å². The van der Waals surface area contributed by atoms with Crippen LogP contribution in [0.3, 0.4) is 0 Å². The molecule has 1 saturated carbocycles. The van der Waals surface area contributed by atoms with E-state index in [0.717, 1.165) is 42.4 Å². The molecule has 3 heterocycles. The number of aliphatic imine (C=N–C) groups is 1. The molecule has 2 aliphatic heterocycles. The van der Waals surface area contributed by atoms with Crippen molar-refractivity contribution in [2.45, 2.75) is 37.3 Å². The van der Waals surface area contributed by atoms with E-state index in [4.69, 9.17) is 27.1 Å². The van der Waals surface area contributed by atoms with Crippen LogP contribution in [0.15, 0.2) is 41.7 Å². The Labute approximate surface area is 168 Å². The molecule has 1 fully saturated rings. The summed E-state index contributed by atoms with van der Waals surface area (Å²) in [6, 6.07) is 7.74. The summed E-state index contributed by atoms with van der Waals surface area (Å²) in [4.78, 5) is 23.9. The molecule has 28 heavy (non-hydrogen) atoms. The van der Waals surface area contributed by atoms with Gasteiger partial charge in [-0.25, -0.2) is 4.99 Å². The third-order valence-electron chi connectivity index (χ3n) is 6.21. The number of aromatic nitrogens is 1. The Morgan fingerprint density at radius 1 is 1.21 bits per heavy atom. The zero-order valence-corrected chi connectivity index (χ0v) is 16.3. The van der Waals surface area contributed by atoms with Gasteiger partial charge in [0.2, 0.25) is 0 Å². The number of hydrogen-bond donors (Lipinski definition) is 1. The molecule has 1 amide bonds. The van der Waals surface area contributed by atoms with E-state index in [9.17, 15) is 4.79 Å². The summed E-state index contributed by atoms with van der Waals surface area (Å²) < 4.78 is 6.33. The number of halogens is 1. The second-order valence-corrected chi connectivity index (χ2v) is 8.19. The molecule has 3 aliphatic rings. The Morgan fingerprint density at radius 2 is 2.04 bits per heavy atom. The molecule has 3 atom stereocenters. The Morgan fingerprint density at radius 3 is 2.79 bits per heavy atom. The van der Waals surface area contributed by atoms with Crippen molar-refractivity contribution in [1.82, 2.24) is 9.88 Å². The summed E-state index contributed by atoms with van der Waals surface area (Å²) >= 11 is 6.12. The van der Waals surface area contributed by atoms with Crippen molar-refractivity contribution in [1.29, 1.82) is 0 Å². The lowest BCUT2D eigenvalue weighted by Crippen LogP contribution is -2.53. The van der Waals surface area contributed by atoms with Crippen LogP contribution in [0, 0.1) is 5.92 Å². The van der Waals surface area contributed by atoms with Crippen LogP contribution >= 0.6 is 11.6 Å². The fraction of sp³-hybridized carbons (Fsp3) is 0.381. The van der Waals surface area contributed by atoms with Gasteiger partial charge < -0.3 is 10.5 Å². The number of rotatable bonds is 1. The number of pyridine rings is 1. The van der Waals surface area contributed by atoms with Crippen molar-refractivity contribution < 1.29 is 9.53 Å². The molecule has 7 heteroatoms. The number of nitrogens with zero attached hydrogens (tertiary/aromatic N) is 3. The average Bonchev–Trinajstić information content (AvgIpc) is 2.93. The Hall–Kier alpha value is -2.60. The number of guanidine groups is 1. The number of likely N-dealkylation sites (N-methyl/N-ethyl adjacent to an activating group) is 1. The Kier molecular flexibility index (Phi) is 3.88. The van der Waals surface area contributed by atoms with Gasteiger partial charge in [0.15, 0.2) is 11.5 Å². The van der Waals surface area contributed by atoms with E-state index in [1.54, 1.807) is 19.4 Å². The van der Waals surface area contributed by atoms with Gasteiger partial charge in [-0.3, -0.25) is 14.7 Å². The highest BCUT2D eigenvalue weighted by molar-refractivity contribution is 6.30. The number of carbonyl (C=O) groups is 1. The summed E-state index contributed by atoms with van der Waals surface area (Å²) in [5.74, 6) is 0.879. The Balaban J connectivity index is 1.73. The molecule has 2 unspecified atom stereocenters. The van der Waals surface area contributed by atoms with Gasteiger partial charge in [-0.15, -0.1) is 0 Å². The van der Waals surface area contributed by atoms with Crippen molar-refractivity contribution in [2.24, 2.45) is 16.6 Å². The quantitative estimate of drug-likeness (QED) is 0.801. The van der Waals surface area contributed by atoms with Gasteiger partial charge in [0.1, 0.15) is 11.9 Å². The van der Waals surface area contributed by atoms with Crippen LogP contribution in [0.1, 0.15) is 31.2 Å². The van der Waals surface area contributed by atoms with Crippen LogP contribution in [0.4, 0.5) is 0 Å². The van der Waals surface area contributed by atoms with Crippen LogP contribution in [0.5, 0.6) is 5.75 Å². The van der Waals surface area contributed by atoms with Crippen molar-refractivity contribution >= 4 is 23.5 Å². The monoisotopic (exact) mass is 396 g/mol. The normalized spacial score (nSPS) is 28.6. The molecule has 144 valence electrons. The highest BCUT2D eigenvalue weighted by atomic mass is 35.5. The predicted octanol–water partition coefficient (Wildman–Crippen LogP) is 3.34. The van der Waals surface area contributed by atoms with Gasteiger partial charge in [-0.1, -0.05) is 24.1 Å². The highest BCUT2D eigenvalue weighted by Gasteiger charge is 2.60. The molecule has 2 N–H and O–H groups in total. The van der Waals surface area contributed by atoms with Gasteiger partial charge in [0, 0.05) is 36.5 Å². The van der Waals surface area contributed by atoms with Crippen LogP contribution < -0.4 is 10.5 Å². The molecule has 0 bridgehead atoms. The number of carbonyl (C=O) groups excluding carboxylic acids is 1. The lowest BCUT2D eigenvalue weighted by atomic mass is 9.67. The average molecular weight is 397 g/mol. The van der Waals surface area contributed by atoms with Gasteiger partial charge >= 0.3 is 0 Å². The number of nitrogens with two attached hydrogens (primary N) is 1. The molecule has 1 aliphatic carbocycles. The fourth-order valence-electron chi connectivity index (χ4n) is 4.84. The number of amides is 1. The highest BCUT2D eigenvalue weighted by Crippen LogP contribution is 2.53. The summed E-state index contributed by atoms with van der Waals surface area (Å²) in [5, 5.41) is 0.562. The van der Waals surface area contributed by atoms with E-state index in [0.29, 0.717) is 10.8 Å². The molecular weight excluding hydrogens is 376 g/mol. The number of ether oxygens (including phenoxy) is 1. The first-order valence-electron chi connectivity index (χ1n) is 9.56. The van der Waals surface area contributed by atoms with Crippen molar-refractivity contribution in [2.75, 3.05) is 7.05 Å². The topological polar surface area (TPSA) is 80.8 Å². The van der Waals surface area contributed by atoms with Crippen LogP contribution in [-0.2, 0) is 10.3 Å². The van der Waals surface area contributed by atoms with E-state index in [1.165, 1.54) is 4.90 Å². The predicted molar refractivity (Wildman–Crippen MR) is 107 cm³/mol. The van der Waals surface area contributed by atoms with Gasteiger partial charge in [-0.05, 0) is 43.0 Å². The molecule has 0 radical (unpaired) electrons. The van der Waals surface area contributed by atoms with Crippen molar-refractivity contribution in [3.05, 3.63) is 47.2 Å². The maximum Gasteiger partial charge on any atom is 0.262 e. The van der Waals surface area contributed by atoms with Crippen LogP contribution in [-0.4, -0.2) is 34.9 Å². The molecular formula is C21H21ClN4O2. The molecule has 1 aromatic carbocycles. The largest absolute Gasteiger partial charge is 0.490 e. The second-order valence-electron chi connectivity index (χ2n) is 7.75. The summed E-state index contributed by atoms with van der Waals surface area (Å²) in [6.07, 6.45) is 7.32. The van der Waals surface area contributed by atoms with Crippen LogP contribution in [0.25, 0.3) is 11.1 Å². The van der Waals surface area contributed by atoms with E-state index in [1.807, 2.05) is 24.3 Å². The molecule has 6 nitrogen and oxygen atoms in total. The fourth-order valence-corrected chi connectivity index (χ4v) is 5.01. The zero-order valence-electron chi connectivity index (χ0n) is 15.6. The first-order chi connectivity index (χ1) is 13.5. The Bertz CT molecular complexity index is 1010. The van der Waals surface area contributed by atoms with E-state index in [-0.39, 0.29) is 23.9 Å². The molecule has 2 aromatic rings. The number of hydrogen-bond acceptors (Lipinski definition) is 5. The minimum atomic E-state index is -1.01. The molecule has 1 aromatic heterocycles. The third kappa shape index (κ3) is 2.37. The first-order valence-corrected chi connectivity index (χ1v) is 9.94. The molecule has 5 rings (SSSR count). The third-order valence-corrected chi connectivity index (χ3v) is 6.42. The van der Waals surface area contributed by atoms with Gasteiger partial charge in [0.25, 0.3) is 5.91 Å². The summed E-state index contributed by atoms with van der Waals surface area (Å²) in [7, 11) is 1.69.